The van der Waals surface area contributed by atoms with Gasteiger partial charge < -0.3 is 15.4 Å². The number of aryl methyl sites for hydroxylation is 2. The van der Waals surface area contributed by atoms with Crippen LogP contribution < -0.4 is 10.6 Å². The molecule has 2 fully saturated rings. The van der Waals surface area contributed by atoms with Crippen molar-refractivity contribution in [2.24, 2.45) is 7.05 Å². The second kappa shape index (κ2) is 8.23. The van der Waals surface area contributed by atoms with Gasteiger partial charge >= 0.3 is 0 Å². The fraction of sp³-hybridized carbons (Fsp3) is 0.571. The first kappa shape index (κ1) is 19.3. The van der Waals surface area contributed by atoms with Crippen molar-refractivity contribution in [3.05, 3.63) is 30.2 Å². The van der Waals surface area contributed by atoms with Gasteiger partial charge in [-0.05, 0) is 44.2 Å². The molecule has 5 rings (SSSR count). The number of rotatable bonds is 5. The first-order valence-corrected chi connectivity index (χ1v) is 10.9. The summed E-state index contributed by atoms with van der Waals surface area (Å²) in [5.41, 5.74) is 3.09. The van der Waals surface area contributed by atoms with E-state index in [0.717, 1.165) is 56.2 Å². The minimum Gasteiger partial charge on any atom is -0.379 e. The third kappa shape index (κ3) is 3.99. The van der Waals surface area contributed by atoms with Crippen molar-refractivity contribution in [3.8, 4) is 0 Å². The number of anilines is 3. The Kier molecular flexibility index (Phi) is 5.30. The van der Waals surface area contributed by atoms with Crippen LogP contribution in [0.3, 0.4) is 0 Å². The lowest BCUT2D eigenvalue weighted by molar-refractivity contribution is 0.00791. The highest BCUT2D eigenvalue weighted by Crippen LogP contribution is 2.28. The number of ether oxygens (including phenoxy) is 1. The van der Waals surface area contributed by atoms with Crippen molar-refractivity contribution >= 4 is 23.0 Å². The quantitative estimate of drug-likeness (QED) is 0.669. The van der Waals surface area contributed by atoms with Crippen LogP contribution in [-0.2, 0) is 11.8 Å². The standard InChI is InChI=1S/C21H30N8O/c1-15-7-8-29-19(15)20(25-21(26-29)24-17-13-22-27(2)14-17)23-16-3-5-18(6-4-16)28-9-11-30-12-10-28/h7-8,13-14,16,18H,3-6,9-12H2,1-2H3,(H2,23,24,25,26). The molecule has 9 nitrogen and oxygen atoms in total. The maximum absolute atomic E-state index is 5.51. The van der Waals surface area contributed by atoms with E-state index in [1.807, 2.05) is 24.0 Å². The van der Waals surface area contributed by atoms with Gasteiger partial charge in [0.25, 0.3) is 0 Å². The molecule has 9 heteroatoms. The van der Waals surface area contributed by atoms with Crippen molar-refractivity contribution in [1.29, 1.82) is 0 Å². The fourth-order valence-corrected chi connectivity index (χ4v) is 4.67. The van der Waals surface area contributed by atoms with Crippen LogP contribution in [0, 0.1) is 6.92 Å². The topological polar surface area (TPSA) is 84.5 Å². The summed E-state index contributed by atoms with van der Waals surface area (Å²) >= 11 is 0. The number of hydrogen-bond donors (Lipinski definition) is 2. The van der Waals surface area contributed by atoms with Crippen LogP contribution in [0.25, 0.3) is 5.52 Å². The van der Waals surface area contributed by atoms with Gasteiger partial charge in [0.2, 0.25) is 5.95 Å². The highest BCUT2D eigenvalue weighted by atomic mass is 16.5. The summed E-state index contributed by atoms with van der Waals surface area (Å²) in [7, 11) is 1.89. The summed E-state index contributed by atoms with van der Waals surface area (Å²) in [5.74, 6) is 1.46. The number of aromatic nitrogens is 5. The molecule has 2 aliphatic rings. The zero-order chi connectivity index (χ0) is 20.5. The Morgan fingerprint density at radius 2 is 1.93 bits per heavy atom. The molecule has 1 aliphatic heterocycles. The minimum absolute atomic E-state index is 0.432. The second-order valence-corrected chi connectivity index (χ2v) is 8.40. The van der Waals surface area contributed by atoms with E-state index in [1.165, 1.54) is 18.4 Å². The van der Waals surface area contributed by atoms with Gasteiger partial charge in [0.05, 0.1) is 25.1 Å². The van der Waals surface area contributed by atoms with Crippen LogP contribution in [-0.4, -0.2) is 67.7 Å². The summed E-state index contributed by atoms with van der Waals surface area (Å²) in [4.78, 5) is 7.43. The molecular weight excluding hydrogens is 380 g/mol. The summed E-state index contributed by atoms with van der Waals surface area (Å²) in [5, 5.41) is 15.8. The average Bonchev–Trinajstić information content (AvgIpc) is 3.34. The van der Waals surface area contributed by atoms with Crippen LogP contribution in [0.15, 0.2) is 24.7 Å². The van der Waals surface area contributed by atoms with Crippen LogP contribution in [0.2, 0.25) is 0 Å². The Morgan fingerprint density at radius 3 is 2.67 bits per heavy atom. The van der Waals surface area contributed by atoms with Crippen molar-refractivity contribution < 1.29 is 4.74 Å². The largest absolute Gasteiger partial charge is 0.379 e. The molecule has 2 N–H and O–H groups in total. The Balaban J connectivity index is 1.31. The molecule has 0 radical (unpaired) electrons. The third-order valence-corrected chi connectivity index (χ3v) is 6.27. The van der Waals surface area contributed by atoms with E-state index in [0.29, 0.717) is 18.0 Å². The summed E-state index contributed by atoms with van der Waals surface area (Å²) < 4.78 is 9.17. The van der Waals surface area contributed by atoms with Crippen molar-refractivity contribution in [2.45, 2.75) is 44.7 Å². The summed E-state index contributed by atoms with van der Waals surface area (Å²) in [6.45, 7) is 5.99. The van der Waals surface area contributed by atoms with Crippen LogP contribution >= 0.6 is 0 Å². The SMILES string of the molecule is Cc1ccn2nc(Nc3cnn(C)c3)nc(NC3CCC(N4CCOCC4)CC3)c12. The molecular formula is C21H30N8O. The highest BCUT2D eigenvalue weighted by Gasteiger charge is 2.27. The molecule has 4 heterocycles. The lowest BCUT2D eigenvalue weighted by Gasteiger charge is -2.39. The Hall–Kier alpha value is -2.65. The van der Waals surface area contributed by atoms with E-state index in [9.17, 15) is 0 Å². The van der Waals surface area contributed by atoms with Crippen molar-refractivity contribution in [1.82, 2.24) is 29.3 Å². The Bertz CT molecular complexity index is 998. The van der Waals surface area contributed by atoms with Crippen LogP contribution in [0.5, 0.6) is 0 Å². The fourth-order valence-electron chi connectivity index (χ4n) is 4.67. The number of fused-ring (bicyclic) bond motifs is 1. The maximum Gasteiger partial charge on any atom is 0.247 e. The normalized spacial score (nSPS) is 23.0. The van der Waals surface area contributed by atoms with E-state index in [4.69, 9.17) is 9.72 Å². The lowest BCUT2D eigenvalue weighted by atomic mass is 9.90. The molecule has 30 heavy (non-hydrogen) atoms. The molecule has 0 atom stereocenters. The zero-order valence-electron chi connectivity index (χ0n) is 17.7. The van der Waals surface area contributed by atoms with E-state index < -0.39 is 0 Å². The molecule has 1 saturated heterocycles. The summed E-state index contributed by atoms with van der Waals surface area (Å²) in [6.07, 6.45) is 10.4. The maximum atomic E-state index is 5.51. The first-order chi connectivity index (χ1) is 14.7. The summed E-state index contributed by atoms with van der Waals surface area (Å²) in [6, 6.07) is 3.20. The first-order valence-electron chi connectivity index (χ1n) is 10.9. The van der Waals surface area contributed by atoms with Gasteiger partial charge in [-0.3, -0.25) is 9.58 Å². The molecule has 0 unspecified atom stereocenters. The molecule has 1 saturated carbocycles. The van der Waals surface area contributed by atoms with Crippen molar-refractivity contribution in [3.63, 3.8) is 0 Å². The predicted molar refractivity (Wildman–Crippen MR) is 116 cm³/mol. The lowest BCUT2D eigenvalue weighted by Crippen LogP contribution is -2.46. The van der Waals surface area contributed by atoms with Crippen LogP contribution in [0.1, 0.15) is 31.2 Å². The highest BCUT2D eigenvalue weighted by molar-refractivity contribution is 5.73. The molecule has 3 aromatic heterocycles. The predicted octanol–water partition coefficient (Wildman–Crippen LogP) is 2.57. The van der Waals surface area contributed by atoms with Gasteiger partial charge in [0.15, 0.2) is 5.82 Å². The average molecular weight is 411 g/mol. The van der Waals surface area contributed by atoms with Crippen LogP contribution in [0.4, 0.5) is 17.5 Å². The number of nitrogens with zero attached hydrogens (tertiary/aromatic N) is 6. The van der Waals surface area contributed by atoms with Gasteiger partial charge in [0.1, 0.15) is 5.52 Å². The Labute approximate surface area is 176 Å². The Morgan fingerprint density at radius 1 is 1.13 bits per heavy atom. The number of hydrogen-bond acceptors (Lipinski definition) is 7. The van der Waals surface area contributed by atoms with Gasteiger partial charge in [-0.25, -0.2) is 4.52 Å². The van der Waals surface area contributed by atoms with Gasteiger partial charge in [-0.15, -0.1) is 5.10 Å². The number of nitrogens with one attached hydrogen (secondary N) is 2. The van der Waals surface area contributed by atoms with Gasteiger partial charge in [-0.1, -0.05) is 0 Å². The smallest absolute Gasteiger partial charge is 0.247 e. The molecule has 1 aliphatic carbocycles. The zero-order valence-corrected chi connectivity index (χ0v) is 17.7. The minimum atomic E-state index is 0.432. The molecule has 0 spiro atoms. The van der Waals surface area contributed by atoms with Gasteiger partial charge in [0, 0.05) is 44.6 Å². The molecule has 0 amide bonds. The van der Waals surface area contributed by atoms with E-state index >= 15 is 0 Å². The van der Waals surface area contributed by atoms with Crippen molar-refractivity contribution in [2.75, 3.05) is 36.9 Å². The monoisotopic (exact) mass is 410 g/mol. The molecule has 0 bridgehead atoms. The van der Waals surface area contributed by atoms with E-state index in [2.05, 4.69) is 38.7 Å². The number of morpholine rings is 1. The third-order valence-electron chi connectivity index (χ3n) is 6.27. The second-order valence-electron chi connectivity index (χ2n) is 8.40. The molecule has 160 valence electrons. The van der Waals surface area contributed by atoms with Gasteiger partial charge in [-0.2, -0.15) is 10.1 Å². The molecule has 0 aromatic carbocycles. The van der Waals surface area contributed by atoms with E-state index in [-0.39, 0.29) is 0 Å². The van der Waals surface area contributed by atoms with E-state index in [1.54, 1.807) is 10.9 Å². The molecule has 3 aromatic rings.